The Bertz CT molecular complexity index is 281. The molecule has 1 aliphatic heterocycles. The van der Waals surface area contributed by atoms with Crippen LogP contribution in [0, 0.1) is 0 Å². The lowest BCUT2D eigenvalue weighted by molar-refractivity contribution is 0.0157. The van der Waals surface area contributed by atoms with E-state index in [0.717, 1.165) is 45.4 Å². The van der Waals surface area contributed by atoms with Gasteiger partial charge in [-0.05, 0) is 60.2 Å². The second-order valence-corrected chi connectivity index (χ2v) is 6.32. The fourth-order valence-electron chi connectivity index (χ4n) is 2.34. The molecule has 1 aliphatic rings. The molecule has 1 fully saturated rings. The quantitative estimate of drug-likeness (QED) is 0.845. The fraction of sp³-hybridized carbons (Fsp3) is 0.929. The lowest BCUT2D eigenvalue weighted by Gasteiger charge is -2.37. The third-order valence-corrected chi connectivity index (χ3v) is 3.45. The largest absolute Gasteiger partial charge is 0.444 e. The van der Waals surface area contributed by atoms with E-state index in [4.69, 9.17) is 10.5 Å². The molecule has 5 heteroatoms. The fourth-order valence-corrected chi connectivity index (χ4v) is 2.34. The van der Waals surface area contributed by atoms with Crippen molar-refractivity contribution in [2.45, 2.75) is 51.7 Å². The van der Waals surface area contributed by atoms with Crippen LogP contribution in [-0.2, 0) is 4.74 Å². The highest BCUT2D eigenvalue weighted by Crippen LogP contribution is 2.18. The highest BCUT2D eigenvalue weighted by Gasteiger charge is 2.28. The first-order valence-corrected chi connectivity index (χ1v) is 7.21. The third-order valence-electron chi connectivity index (χ3n) is 3.45. The van der Waals surface area contributed by atoms with Gasteiger partial charge in [0.05, 0.1) is 0 Å². The van der Waals surface area contributed by atoms with E-state index in [0.29, 0.717) is 6.04 Å². The topological polar surface area (TPSA) is 58.8 Å². The molecule has 0 spiro atoms. The molecule has 112 valence electrons. The van der Waals surface area contributed by atoms with Crippen molar-refractivity contribution in [1.29, 1.82) is 0 Å². The zero-order chi connectivity index (χ0) is 14.5. The summed E-state index contributed by atoms with van der Waals surface area (Å²) in [6.07, 6.45) is 2.87. The van der Waals surface area contributed by atoms with Gasteiger partial charge in [-0.15, -0.1) is 0 Å². The average Bonchev–Trinajstić information content (AvgIpc) is 2.34. The summed E-state index contributed by atoms with van der Waals surface area (Å²) in [5.41, 5.74) is 5.12. The van der Waals surface area contributed by atoms with Crippen LogP contribution in [0.3, 0.4) is 0 Å². The minimum absolute atomic E-state index is 0.185. The van der Waals surface area contributed by atoms with Crippen molar-refractivity contribution in [2.75, 3.05) is 33.2 Å². The van der Waals surface area contributed by atoms with Gasteiger partial charge in [0.2, 0.25) is 0 Å². The minimum atomic E-state index is -0.411. The minimum Gasteiger partial charge on any atom is -0.444 e. The van der Waals surface area contributed by atoms with Crippen LogP contribution >= 0.6 is 0 Å². The van der Waals surface area contributed by atoms with E-state index in [1.165, 1.54) is 0 Å². The summed E-state index contributed by atoms with van der Waals surface area (Å²) in [4.78, 5) is 16.1. The van der Waals surface area contributed by atoms with Gasteiger partial charge in [-0.1, -0.05) is 0 Å². The van der Waals surface area contributed by atoms with Gasteiger partial charge in [0.15, 0.2) is 0 Å². The molecule has 0 bridgehead atoms. The normalized spacial score (nSPS) is 17.9. The molecule has 0 aliphatic carbocycles. The van der Waals surface area contributed by atoms with Gasteiger partial charge in [0.25, 0.3) is 0 Å². The maximum absolute atomic E-state index is 11.9. The van der Waals surface area contributed by atoms with Crippen LogP contribution in [0.15, 0.2) is 0 Å². The maximum Gasteiger partial charge on any atom is 0.410 e. The SMILES string of the molecule is CN(CCCN)C1CCN(C(=O)OC(C)(C)C)CC1. The Morgan fingerprint density at radius 1 is 1.37 bits per heavy atom. The molecule has 5 nitrogen and oxygen atoms in total. The Morgan fingerprint density at radius 2 is 1.95 bits per heavy atom. The number of carbonyl (C=O) groups is 1. The molecule has 0 radical (unpaired) electrons. The molecule has 19 heavy (non-hydrogen) atoms. The number of carbonyl (C=O) groups excluding carboxylic acids is 1. The monoisotopic (exact) mass is 271 g/mol. The second kappa shape index (κ2) is 7.10. The lowest BCUT2D eigenvalue weighted by Crippen LogP contribution is -2.47. The first-order chi connectivity index (χ1) is 8.83. The summed E-state index contributed by atoms with van der Waals surface area (Å²) in [5, 5.41) is 0. The number of rotatable bonds is 4. The molecule has 0 aromatic rings. The van der Waals surface area contributed by atoms with E-state index in [-0.39, 0.29) is 6.09 Å². The Kier molecular flexibility index (Phi) is 6.07. The van der Waals surface area contributed by atoms with E-state index < -0.39 is 5.60 Å². The Morgan fingerprint density at radius 3 is 2.42 bits per heavy atom. The number of piperidine rings is 1. The lowest BCUT2D eigenvalue weighted by atomic mass is 10.0. The maximum atomic E-state index is 11.9. The van der Waals surface area contributed by atoms with Crippen molar-refractivity contribution in [1.82, 2.24) is 9.80 Å². The van der Waals surface area contributed by atoms with Crippen molar-refractivity contribution in [3.8, 4) is 0 Å². The van der Waals surface area contributed by atoms with Crippen LogP contribution in [-0.4, -0.2) is 60.8 Å². The van der Waals surface area contributed by atoms with E-state index in [1.54, 1.807) is 0 Å². The number of nitrogens with two attached hydrogens (primary N) is 1. The molecule has 0 unspecified atom stereocenters. The Labute approximate surface area is 117 Å². The first kappa shape index (κ1) is 16.2. The number of amides is 1. The van der Waals surface area contributed by atoms with Crippen molar-refractivity contribution in [3.05, 3.63) is 0 Å². The van der Waals surface area contributed by atoms with E-state index in [9.17, 15) is 4.79 Å². The molecular formula is C14H29N3O2. The number of ether oxygens (including phenoxy) is 1. The van der Waals surface area contributed by atoms with Gasteiger partial charge in [-0.3, -0.25) is 0 Å². The smallest absolute Gasteiger partial charge is 0.410 e. The number of likely N-dealkylation sites (tertiary alicyclic amines) is 1. The highest BCUT2D eigenvalue weighted by atomic mass is 16.6. The van der Waals surface area contributed by atoms with Crippen molar-refractivity contribution in [2.24, 2.45) is 5.73 Å². The van der Waals surface area contributed by atoms with E-state index in [1.807, 2.05) is 25.7 Å². The second-order valence-electron chi connectivity index (χ2n) is 6.32. The molecular weight excluding hydrogens is 242 g/mol. The molecule has 1 rings (SSSR count). The molecule has 1 saturated heterocycles. The summed E-state index contributed by atoms with van der Waals surface area (Å²) in [6.45, 7) is 9.04. The zero-order valence-corrected chi connectivity index (χ0v) is 12.8. The van der Waals surface area contributed by atoms with Crippen LogP contribution in [0.2, 0.25) is 0 Å². The molecule has 0 atom stereocenters. The van der Waals surface area contributed by atoms with Crippen LogP contribution in [0.4, 0.5) is 4.79 Å². The van der Waals surface area contributed by atoms with E-state index >= 15 is 0 Å². The predicted molar refractivity (Wildman–Crippen MR) is 77.1 cm³/mol. The van der Waals surface area contributed by atoms with Crippen LogP contribution in [0.1, 0.15) is 40.0 Å². The third kappa shape index (κ3) is 5.78. The summed E-state index contributed by atoms with van der Waals surface area (Å²) in [6, 6.07) is 0.560. The summed E-state index contributed by atoms with van der Waals surface area (Å²) in [7, 11) is 2.14. The van der Waals surface area contributed by atoms with Crippen LogP contribution in [0.5, 0.6) is 0 Å². The Balaban J connectivity index is 2.34. The molecule has 0 saturated carbocycles. The average molecular weight is 271 g/mol. The number of nitrogens with zero attached hydrogens (tertiary/aromatic N) is 2. The molecule has 0 aromatic carbocycles. The molecule has 0 aromatic heterocycles. The van der Waals surface area contributed by atoms with Gasteiger partial charge in [0.1, 0.15) is 5.60 Å². The summed E-state index contributed by atoms with van der Waals surface area (Å²) >= 11 is 0. The van der Waals surface area contributed by atoms with Gasteiger partial charge in [-0.25, -0.2) is 4.79 Å². The molecule has 1 heterocycles. The number of hydrogen-bond acceptors (Lipinski definition) is 4. The molecule has 1 amide bonds. The van der Waals surface area contributed by atoms with Crippen molar-refractivity contribution in [3.63, 3.8) is 0 Å². The highest BCUT2D eigenvalue weighted by molar-refractivity contribution is 5.68. The van der Waals surface area contributed by atoms with Gasteiger partial charge in [-0.2, -0.15) is 0 Å². The van der Waals surface area contributed by atoms with E-state index in [2.05, 4.69) is 11.9 Å². The van der Waals surface area contributed by atoms with Gasteiger partial charge in [0, 0.05) is 19.1 Å². The van der Waals surface area contributed by atoms with Gasteiger partial charge < -0.3 is 20.3 Å². The summed E-state index contributed by atoms with van der Waals surface area (Å²) < 4.78 is 5.39. The number of hydrogen-bond donors (Lipinski definition) is 1. The van der Waals surface area contributed by atoms with Gasteiger partial charge >= 0.3 is 6.09 Å². The van der Waals surface area contributed by atoms with Crippen LogP contribution in [0.25, 0.3) is 0 Å². The first-order valence-electron chi connectivity index (χ1n) is 7.21. The summed E-state index contributed by atoms with van der Waals surface area (Å²) in [5.74, 6) is 0. The standard InChI is InChI=1S/C14H29N3O2/c1-14(2,3)19-13(18)17-10-6-12(7-11-17)16(4)9-5-8-15/h12H,5-11,15H2,1-4H3. The Hall–Kier alpha value is -0.810. The molecule has 2 N–H and O–H groups in total. The predicted octanol–water partition coefficient (Wildman–Crippen LogP) is 1.67. The zero-order valence-electron chi connectivity index (χ0n) is 12.8. The van der Waals surface area contributed by atoms with Crippen molar-refractivity contribution >= 4 is 6.09 Å². The van der Waals surface area contributed by atoms with Crippen molar-refractivity contribution < 1.29 is 9.53 Å². The van der Waals surface area contributed by atoms with Crippen LogP contribution < -0.4 is 5.73 Å².